The van der Waals surface area contributed by atoms with Crippen molar-refractivity contribution in [3.05, 3.63) is 12.5 Å². The van der Waals surface area contributed by atoms with Crippen LogP contribution in [0.2, 0.25) is 0 Å². The van der Waals surface area contributed by atoms with Crippen molar-refractivity contribution in [2.75, 3.05) is 30.4 Å². The molecule has 0 aromatic carbocycles. The number of hydrogen-bond acceptors (Lipinski definition) is 8. The number of imidazole rings is 1. The van der Waals surface area contributed by atoms with Crippen molar-refractivity contribution in [3.63, 3.8) is 0 Å². The molecule has 1 fully saturated rings. The van der Waals surface area contributed by atoms with E-state index in [-0.39, 0.29) is 12.6 Å². The molecule has 3 aromatic rings. The van der Waals surface area contributed by atoms with Crippen LogP contribution in [0.15, 0.2) is 12.5 Å². The number of alkyl halides is 1. The number of aliphatic hydroxyl groups excluding tert-OH is 1. The summed E-state index contributed by atoms with van der Waals surface area (Å²) in [6.07, 6.45) is 2.51. The summed E-state index contributed by atoms with van der Waals surface area (Å²) in [6, 6.07) is 0.154. The number of anilines is 3. The standard InChI is InChI=1S/C19H27FN8O2/c1-11(2)28-10-21-15-16(22-14-9-27(7-12(3)29)25-18(14)30-4)23-19(24-17(15)28)26-6-5-13(20)8-26/h9-13,29H,5-8H2,1-4H3,(H,22,23,24). The number of nitrogens with zero attached hydrogens (tertiary/aromatic N) is 7. The molecule has 11 heteroatoms. The van der Waals surface area contributed by atoms with Crippen molar-refractivity contribution in [1.82, 2.24) is 29.3 Å². The lowest BCUT2D eigenvalue weighted by Gasteiger charge is -2.17. The molecule has 2 N–H and O–H groups in total. The van der Waals surface area contributed by atoms with Gasteiger partial charge in [-0.1, -0.05) is 0 Å². The summed E-state index contributed by atoms with van der Waals surface area (Å²) in [4.78, 5) is 15.7. The van der Waals surface area contributed by atoms with Gasteiger partial charge in [0.2, 0.25) is 5.95 Å². The van der Waals surface area contributed by atoms with Crippen LogP contribution in [0, 0.1) is 0 Å². The van der Waals surface area contributed by atoms with Crippen molar-refractivity contribution in [3.8, 4) is 5.88 Å². The molecule has 1 saturated heterocycles. The molecule has 0 saturated carbocycles. The highest BCUT2D eigenvalue weighted by atomic mass is 19.1. The first kappa shape index (κ1) is 20.3. The predicted octanol–water partition coefficient (Wildman–Crippen LogP) is 2.28. The summed E-state index contributed by atoms with van der Waals surface area (Å²) < 4.78 is 22.7. The van der Waals surface area contributed by atoms with Crippen LogP contribution in [0.1, 0.15) is 33.2 Å². The van der Waals surface area contributed by atoms with Crippen LogP contribution in [0.4, 0.5) is 21.8 Å². The number of hydrogen-bond donors (Lipinski definition) is 2. The van der Waals surface area contributed by atoms with E-state index in [1.165, 1.54) is 7.11 Å². The maximum absolute atomic E-state index is 13.8. The van der Waals surface area contributed by atoms with E-state index in [0.717, 1.165) is 0 Å². The fourth-order valence-corrected chi connectivity index (χ4v) is 3.54. The van der Waals surface area contributed by atoms with Gasteiger partial charge in [0.25, 0.3) is 5.88 Å². The van der Waals surface area contributed by atoms with Gasteiger partial charge in [0.1, 0.15) is 11.9 Å². The van der Waals surface area contributed by atoms with E-state index in [1.807, 2.05) is 23.3 Å². The minimum absolute atomic E-state index is 0.154. The average Bonchev–Trinajstić information content (AvgIpc) is 3.39. The molecule has 2 atom stereocenters. The van der Waals surface area contributed by atoms with Gasteiger partial charge in [-0.2, -0.15) is 9.97 Å². The minimum Gasteiger partial charge on any atom is -0.478 e. The van der Waals surface area contributed by atoms with E-state index in [9.17, 15) is 9.50 Å². The quantitative estimate of drug-likeness (QED) is 0.602. The summed E-state index contributed by atoms with van der Waals surface area (Å²) in [5, 5.41) is 17.2. The predicted molar refractivity (Wildman–Crippen MR) is 111 cm³/mol. The first-order valence-electron chi connectivity index (χ1n) is 10.1. The van der Waals surface area contributed by atoms with Crippen molar-refractivity contribution in [1.29, 1.82) is 0 Å². The van der Waals surface area contributed by atoms with Gasteiger partial charge in [-0.05, 0) is 27.2 Å². The number of methoxy groups -OCH3 is 1. The van der Waals surface area contributed by atoms with E-state index in [2.05, 4.69) is 25.4 Å². The number of ether oxygens (including phenoxy) is 1. The lowest BCUT2D eigenvalue weighted by atomic mass is 10.3. The van der Waals surface area contributed by atoms with Gasteiger partial charge in [-0.15, -0.1) is 5.10 Å². The summed E-state index contributed by atoms with van der Waals surface area (Å²) in [7, 11) is 1.53. The Labute approximate surface area is 173 Å². The Morgan fingerprint density at radius 2 is 2.13 bits per heavy atom. The molecule has 162 valence electrons. The molecule has 0 amide bonds. The normalized spacial score (nSPS) is 17.8. The second-order valence-electron chi connectivity index (χ2n) is 7.87. The van der Waals surface area contributed by atoms with E-state index < -0.39 is 12.3 Å². The van der Waals surface area contributed by atoms with Crippen molar-refractivity contribution < 1.29 is 14.2 Å². The molecule has 0 radical (unpaired) electrons. The lowest BCUT2D eigenvalue weighted by Crippen LogP contribution is -2.23. The number of rotatable bonds is 7. The van der Waals surface area contributed by atoms with Crippen LogP contribution in [0.5, 0.6) is 5.88 Å². The minimum atomic E-state index is -0.880. The van der Waals surface area contributed by atoms with Gasteiger partial charge in [-0.25, -0.2) is 9.37 Å². The van der Waals surface area contributed by atoms with Gasteiger partial charge >= 0.3 is 0 Å². The third kappa shape index (κ3) is 3.89. The second kappa shape index (κ2) is 8.05. The molecule has 1 aliphatic rings. The summed E-state index contributed by atoms with van der Waals surface area (Å²) in [5.41, 5.74) is 1.87. The summed E-state index contributed by atoms with van der Waals surface area (Å²) >= 11 is 0. The fraction of sp³-hybridized carbons (Fsp3) is 0.579. The zero-order valence-electron chi connectivity index (χ0n) is 17.6. The third-order valence-electron chi connectivity index (χ3n) is 5.01. The molecule has 4 heterocycles. The lowest BCUT2D eigenvalue weighted by molar-refractivity contribution is 0.167. The Hall–Kier alpha value is -2.95. The molecule has 30 heavy (non-hydrogen) atoms. The van der Waals surface area contributed by atoms with E-state index in [4.69, 9.17) is 4.74 Å². The van der Waals surface area contributed by atoms with Crippen LogP contribution in [-0.4, -0.2) is 66.9 Å². The fourth-order valence-electron chi connectivity index (χ4n) is 3.54. The van der Waals surface area contributed by atoms with Crippen LogP contribution in [-0.2, 0) is 6.54 Å². The molecule has 0 aliphatic carbocycles. The molecule has 2 unspecified atom stereocenters. The van der Waals surface area contributed by atoms with Crippen molar-refractivity contribution >= 4 is 28.6 Å². The number of nitrogens with one attached hydrogen (secondary N) is 1. The van der Waals surface area contributed by atoms with Crippen molar-refractivity contribution in [2.24, 2.45) is 0 Å². The largest absolute Gasteiger partial charge is 0.478 e. The topological polar surface area (TPSA) is 106 Å². The molecule has 0 spiro atoms. The Balaban J connectivity index is 1.77. The number of fused-ring (bicyclic) bond motifs is 1. The smallest absolute Gasteiger partial charge is 0.256 e. The molecule has 4 rings (SSSR count). The zero-order chi connectivity index (χ0) is 21.4. The maximum Gasteiger partial charge on any atom is 0.256 e. The first-order valence-corrected chi connectivity index (χ1v) is 10.1. The van der Waals surface area contributed by atoms with Crippen LogP contribution in [0.25, 0.3) is 11.2 Å². The number of halogens is 1. The van der Waals surface area contributed by atoms with Gasteiger partial charge in [0, 0.05) is 12.6 Å². The Bertz CT molecular complexity index is 1030. The molecular formula is C19H27FN8O2. The first-order chi connectivity index (χ1) is 14.4. The highest BCUT2D eigenvalue weighted by molar-refractivity contribution is 5.87. The highest BCUT2D eigenvalue weighted by Crippen LogP contribution is 2.31. The van der Waals surface area contributed by atoms with Crippen molar-refractivity contribution in [2.45, 2.75) is 52.1 Å². The SMILES string of the molecule is COc1nn(CC(C)O)cc1Nc1nc(N2CCC(F)C2)nc2c1ncn2C(C)C. The van der Waals surface area contributed by atoms with Crippen LogP contribution >= 0.6 is 0 Å². The maximum atomic E-state index is 13.8. The van der Waals surface area contributed by atoms with E-state index in [0.29, 0.717) is 54.0 Å². The second-order valence-corrected chi connectivity index (χ2v) is 7.87. The van der Waals surface area contributed by atoms with Crippen LogP contribution < -0.4 is 15.0 Å². The summed E-state index contributed by atoms with van der Waals surface area (Å²) in [5.74, 6) is 1.33. The third-order valence-corrected chi connectivity index (χ3v) is 5.01. The van der Waals surface area contributed by atoms with Crippen LogP contribution in [0.3, 0.4) is 0 Å². The molecule has 3 aromatic heterocycles. The Morgan fingerprint density at radius 3 is 2.77 bits per heavy atom. The number of aliphatic hydroxyl groups is 1. The van der Waals surface area contributed by atoms with E-state index >= 15 is 0 Å². The van der Waals surface area contributed by atoms with Gasteiger partial charge in [-0.3, -0.25) is 4.68 Å². The molecule has 1 aliphatic heterocycles. The average molecular weight is 418 g/mol. The van der Waals surface area contributed by atoms with Gasteiger partial charge in [0.15, 0.2) is 17.0 Å². The van der Waals surface area contributed by atoms with E-state index in [1.54, 1.807) is 24.1 Å². The number of aromatic nitrogens is 6. The zero-order valence-corrected chi connectivity index (χ0v) is 17.6. The van der Waals surface area contributed by atoms with Gasteiger partial charge < -0.3 is 24.6 Å². The van der Waals surface area contributed by atoms with Gasteiger partial charge in [0.05, 0.1) is 38.8 Å². The highest BCUT2D eigenvalue weighted by Gasteiger charge is 2.26. The molecule has 0 bridgehead atoms. The molecular weight excluding hydrogens is 391 g/mol. The molecule has 10 nitrogen and oxygen atoms in total. The monoisotopic (exact) mass is 418 g/mol. The summed E-state index contributed by atoms with van der Waals surface area (Å²) in [6.45, 7) is 6.96. The Kier molecular flexibility index (Phi) is 5.46. The Morgan fingerprint density at radius 1 is 1.33 bits per heavy atom.